The first-order valence-electron chi connectivity index (χ1n) is 4.18. The number of nitrogens with one attached hydrogen (secondary N) is 2. The Labute approximate surface area is 79.0 Å². The van der Waals surface area contributed by atoms with E-state index in [1.807, 2.05) is 0 Å². The Balaban J connectivity index is 2.42. The monoisotopic (exact) mass is 200 g/mol. The highest BCUT2D eigenvalue weighted by molar-refractivity contribution is 6.30. The van der Waals surface area contributed by atoms with Crippen LogP contribution in [-0.2, 0) is 6.42 Å². The fourth-order valence-electron chi connectivity index (χ4n) is 1.28. The molecule has 1 heterocycles. The van der Waals surface area contributed by atoms with Crippen molar-refractivity contribution in [1.29, 1.82) is 0 Å². The summed E-state index contributed by atoms with van der Waals surface area (Å²) in [6, 6.07) is 0. The van der Waals surface area contributed by atoms with Gasteiger partial charge in [-0.2, -0.15) is 0 Å². The maximum absolute atomic E-state index is 11.3. The highest BCUT2D eigenvalue weighted by atomic mass is 35.5. The molecule has 0 unspecified atom stereocenters. The van der Waals surface area contributed by atoms with Gasteiger partial charge in [-0.25, -0.2) is 4.79 Å². The highest BCUT2D eigenvalue weighted by Gasteiger charge is 2.24. The molecule has 13 heavy (non-hydrogen) atoms. The van der Waals surface area contributed by atoms with Gasteiger partial charge in [-0.05, 0) is 25.2 Å². The molecular formula is C8H9ClN2O2. The van der Waals surface area contributed by atoms with Gasteiger partial charge in [0.2, 0.25) is 0 Å². The zero-order valence-electron chi connectivity index (χ0n) is 6.89. The van der Waals surface area contributed by atoms with Gasteiger partial charge >= 0.3 is 5.69 Å². The number of rotatable bonds is 2. The third-order valence-electron chi connectivity index (χ3n) is 2.18. The first-order chi connectivity index (χ1) is 6.16. The van der Waals surface area contributed by atoms with Crippen molar-refractivity contribution in [3.8, 4) is 0 Å². The Morgan fingerprint density at radius 1 is 1.31 bits per heavy atom. The van der Waals surface area contributed by atoms with E-state index in [1.54, 1.807) is 0 Å². The van der Waals surface area contributed by atoms with Crippen molar-refractivity contribution in [2.24, 2.45) is 5.92 Å². The quantitative estimate of drug-likeness (QED) is 0.690. The van der Waals surface area contributed by atoms with Crippen molar-refractivity contribution >= 4 is 11.6 Å². The molecule has 0 saturated heterocycles. The van der Waals surface area contributed by atoms with Crippen LogP contribution in [0.4, 0.5) is 0 Å². The molecule has 5 heteroatoms. The van der Waals surface area contributed by atoms with Crippen LogP contribution in [0.5, 0.6) is 0 Å². The third kappa shape index (κ3) is 1.83. The Kier molecular flexibility index (Phi) is 2.00. The highest BCUT2D eigenvalue weighted by Crippen LogP contribution is 2.32. The fourth-order valence-corrected chi connectivity index (χ4v) is 1.53. The number of hydrogen-bond donors (Lipinski definition) is 2. The van der Waals surface area contributed by atoms with Gasteiger partial charge in [-0.1, -0.05) is 11.6 Å². The topological polar surface area (TPSA) is 65.7 Å². The lowest BCUT2D eigenvalue weighted by Gasteiger charge is -1.99. The summed E-state index contributed by atoms with van der Waals surface area (Å²) in [6.07, 6.45) is 2.97. The van der Waals surface area contributed by atoms with Gasteiger partial charge in [-0.15, -0.1) is 0 Å². The average Bonchev–Trinajstić information content (AvgIpc) is 2.79. The summed E-state index contributed by atoms with van der Waals surface area (Å²) in [5.74, 6) is 0.574. The predicted octanol–water partition coefficient (Wildman–Crippen LogP) is 0.669. The molecule has 70 valence electrons. The number of aromatic amines is 2. The number of hydrogen-bond acceptors (Lipinski definition) is 2. The first-order valence-corrected chi connectivity index (χ1v) is 4.55. The van der Waals surface area contributed by atoms with Gasteiger partial charge in [0.1, 0.15) is 5.15 Å². The van der Waals surface area contributed by atoms with Crippen molar-refractivity contribution in [2.75, 3.05) is 0 Å². The summed E-state index contributed by atoms with van der Waals surface area (Å²) >= 11 is 5.73. The van der Waals surface area contributed by atoms with E-state index in [9.17, 15) is 9.59 Å². The molecular weight excluding hydrogens is 192 g/mol. The van der Waals surface area contributed by atoms with Crippen LogP contribution in [-0.4, -0.2) is 9.97 Å². The van der Waals surface area contributed by atoms with Crippen LogP contribution in [0.25, 0.3) is 0 Å². The predicted molar refractivity (Wildman–Crippen MR) is 49.1 cm³/mol. The molecule has 0 aromatic carbocycles. The number of H-pyrrole nitrogens is 2. The molecule has 0 amide bonds. The molecule has 0 aliphatic heterocycles. The summed E-state index contributed by atoms with van der Waals surface area (Å²) in [5, 5.41) is 0.181. The first kappa shape index (κ1) is 8.56. The summed E-state index contributed by atoms with van der Waals surface area (Å²) in [4.78, 5) is 26.6. The summed E-state index contributed by atoms with van der Waals surface area (Å²) in [6.45, 7) is 0. The molecule has 0 atom stereocenters. The van der Waals surface area contributed by atoms with Gasteiger partial charge in [-0.3, -0.25) is 14.8 Å². The average molecular weight is 201 g/mol. The van der Waals surface area contributed by atoms with Crippen LogP contribution in [0.15, 0.2) is 9.59 Å². The van der Waals surface area contributed by atoms with E-state index >= 15 is 0 Å². The summed E-state index contributed by atoms with van der Waals surface area (Å²) < 4.78 is 0. The minimum Gasteiger partial charge on any atom is -0.297 e. The van der Waals surface area contributed by atoms with Crippen LogP contribution < -0.4 is 11.2 Å². The SMILES string of the molecule is O=c1[nH]c(Cl)c(CC2CC2)c(=O)[nH]1. The van der Waals surface area contributed by atoms with Crippen molar-refractivity contribution < 1.29 is 0 Å². The third-order valence-corrected chi connectivity index (χ3v) is 2.50. The minimum absolute atomic E-state index is 0.181. The molecule has 1 aromatic heterocycles. The van der Waals surface area contributed by atoms with Gasteiger partial charge < -0.3 is 0 Å². The number of halogens is 1. The second kappa shape index (κ2) is 3.03. The second-order valence-electron chi connectivity index (χ2n) is 3.35. The van der Waals surface area contributed by atoms with E-state index in [0.717, 1.165) is 12.8 Å². The molecule has 1 saturated carbocycles. The molecule has 2 rings (SSSR count). The van der Waals surface area contributed by atoms with Crippen molar-refractivity contribution in [3.05, 3.63) is 31.6 Å². The van der Waals surface area contributed by atoms with E-state index in [4.69, 9.17) is 11.6 Å². The van der Waals surface area contributed by atoms with Crippen LogP contribution in [0, 0.1) is 5.92 Å². The van der Waals surface area contributed by atoms with Gasteiger partial charge in [0.15, 0.2) is 0 Å². The second-order valence-corrected chi connectivity index (χ2v) is 3.73. The lowest BCUT2D eigenvalue weighted by molar-refractivity contribution is 0.804. The van der Waals surface area contributed by atoms with Gasteiger partial charge in [0.25, 0.3) is 5.56 Å². The maximum atomic E-state index is 11.3. The Morgan fingerprint density at radius 2 is 2.00 bits per heavy atom. The minimum atomic E-state index is -0.547. The van der Waals surface area contributed by atoms with Crippen molar-refractivity contribution in [3.63, 3.8) is 0 Å². The van der Waals surface area contributed by atoms with Crippen LogP contribution >= 0.6 is 11.6 Å². The smallest absolute Gasteiger partial charge is 0.297 e. The number of aromatic nitrogens is 2. The largest absolute Gasteiger partial charge is 0.326 e. The molecule has 1 aromatic rings. The van der Waals surface area contributed by atoms with E-state index in [1.165, 1.54) is 0 Å². The molecule has 4 nitrogen and oxygen atoms in total. The molecule has 1 fully saturated rings. The lowest BCUT2D eigenvalue weighted by Crippen LogP contribution is -2.26. The van der Waals surface area contributed by atoms with E-state index < -0.39 is 5.69 Å². The van der Waals surface area contributed by atoms with Gasteiger partial charge in [0.05, 0.1) is 5.56 Å². The van der Waals surface area contributed by atoms with Crippen LogP contribution in [0.3, 0.4) is 0 Å². The van der Waals surface area contributed by atoms with Crippen molar-refractivity contribution in [1.82, 2.24) is 9.97 Å². The Bertz CT molecular complexity index is 431. The van der Waals surface area contributed by atoms with Crippen LogP contribution in [0.2, 0.25) is 5.15 Å². The molecule has 0 radical (unpaired) electrons. The van der Waals surface area contributed by atoms with E-state index in [2.05, 4.69) is 9.97 Å². The van der Waals surface area contributed by atoms with E-state index in [-0.39, 0.29) is 10.7 Å². The van der Waals surface area contributed by atoms with Crippen molar-refractivity contribution in [2.45, 2.75) is 19.3 Å². The lowest BCUT2D eigenvalue weighted by atomic mass is 10.2. The van der Waals surface area contributed by atoms with Crippen LogP contribution in [0.1, 0.15) is 18.4 Å². The summed E-state index contributed by atoms with van der Waals surface area (Å²) in [7, 11) is 0. The molecule has 2 N–H and O–H groups in total. The Morgan fingerprint density at radius 3 is 2.54 bits per heavy atom. The Hall–Kier alpha value is -1.03. The zero-order chi connectivity index (χ0) is 9.42. The normalized spacial score (nSPS) is 16.1. The molecule has 0 bridgehead atoms. The van der Waals surface area contributed by atoms with Gasteiger partial charge in [0, 0.05) is 0 Å². The fraction of sp³-hybridized carbons (Fsp3) is 0.500. The summed E-state index contributed by atoms with van der Waals surface area (Å²) in [5.41, 5.74) is -0.404. The van der Waals surface area contributed by atoms with E-state index in [0.29, 0.717) is 17.9 Å². The maximum Gasteiger partial charge on any atom is 0.326 e. The molecule has 1 aliphatic rings. The molecule has 0 spiro atoms. The molecule has 1 aliphatic carbocycles. The zero-order valence-corrected chi connectivity index (χ0v) is 7.65. The standard InChI is InChI=1S/C8H9ClN2O2/c9-6-5(3-4-1-2-4)7(12)11-8(13)10-6/h4H,1-3H2,(H2,10,11,12,13).